The van der Waals surface area contributed by atoms with E-state index in [9.17, 15) is 9.90 Å². The van der Waals surface area contributed by atoms with Crippen LogP contribution in [0.4, 0.5) is 4.79 Å². The zero-order chi connectivity index (χ0) is 16.5. The Morgan fingerprint density at radius 2 is 1.74 bits per heavy atom. The minimum Gasteiger partial charge on any atom is -0.508 e. The summed E-state index contributed by atoms with van der Waals surface area (Å²) in [7, 11) is 1.56. The van der Waals surface area contributed by atoms with Crippen molar-refractivity contribution in [3.63, 3.8) is 0 Å². The van der Waals surface area contributed by atoms with E-state index in [-0.39, 0.29) is 18.5 Å². The summed E-state index contributed by atoms with van der Waals surface area (Å²) < 4.78 is 10.6. The molecular weight excluding hydrogens is 296 g/mol. The molecule has 0 saturated carbocycles. The van der Waals surface area contributed by atoms with Crippen LogP contribution in [-0.4, -0.2) is 31.5 Å². The number of para-hydroxylation sites is 2. The zero-order valence-electron chi connectivity index (χ0n) is 12.9. The number of aromatic hydroxyl groups is 1. The standard InChI is InChI=1S/C17H20N2O4/c1-22-15-4-2-3-5-16(15)23-12-19-17(21)18-11-10-13-6-8-14(20)9-7-13/h2-9,20H,10-12H2,1H3,(H2,18,19,21). The van der Waals surface area contributed by atoms with Crippen molar-refractivity contribution < 1.29 is 19.4 Å². The Kier molecular flexibility index (Phi) is 6.11. The van der Waals surface area contributed by atoms with Crippen LogP contribution >= 0.6 is 0 Å². The molecule has 0 fully saturated rings. The summed E-state index contributed by atoms with van der Waals surface area (Å²) in [6.45, 7) is 0.538. The van der Waals surface area contributed by atoms with Crippen LogP contribution in [-0.2, 0) is 6.42 Å². The third kappa shape index (κ3) is 5.43. The number of hydrogen-bond acceptors (Lipinski definition) is 4. The Bertz CT molecular complexity index is 629. The summed E-state index contributed by atoms with van der Waals surface area (Å²) in [6, 6.07) is 13.8. The SMILES string of the molecule is COc1ccccc1OCNC(=O)NCCc1ccc(O)cc1. The molecule has 0 unspecified atom stereocenters. The van der Waals surface area contributed by atoms with E-state index in [0.29, 0.717) is 24.5 Å². The van der Waals surface area contributed by atoms with Gasteiger partial charge in [0.25, 0.3) is 0 Å². The number of carbonyl (C=O) groups is 1. The summed E-state index contributed by atoms with van der Waals surface area (Å²) in [6.07, 6.45) is 0.682. The molecule has 122 valence electrons. The minimum absolute atomic E-state index is 0.0470. The molecule has 0 heterocycles. The highest BCUT2D eigenvalue weighted by molar-refractivity contribution is 5.73. The third-order valence-corrected chi connectivity index (χ3v) is 3.17. The maximum Gasteiger partial charge on any atom is 0.317 e. The van der Waals surface area contributed by atoms with Gasteiger partial charge in [0.1, 0.15) is 5.75 Å². The molecule has 0 aliphatic carbocycles. The van der Waals surface area contributed by atoms with E-state index in [4.69, 9.17) is 9.47 Å². The average molecular weight is 316 g/mol. The van der Waals surface area contributed by atoms with Crippen LogP contribution in [0.3, 0.4) is 0 Å². The average Bonchev–Trinajstić information content (AvgIpc) is 2.57. The predicted molar refractivity (Wildman–Crippen MR) is 86.8 cm³/mol. The molecule has 6 heteroatoms. The Balaban J connectivity index is 1.66. The summed E-state index contributed by atoms with van der Waals surface area (Å²) >= 11 is 0. The molecule has 6 nitrogen and oxygen atoms in total. The van der Waals surface area contributed by atoms with Gasteiger partial charge >= 0.3 is 6.03 Å². The van der Waals surface area contributed by atoms with Crippen molar-refractivity contribution in [3.05, 3.63) is 54.1 Å². The van der Waals surface area contributed by atoms with Crippen LogP contribution in [0.1, 0.15) is 5.56 Å². The van der Waals surface area contributed by atoms with Gasteiger partial charge in [-0.1, -0.05) is 24.3 Å². The number of methoxy groups -OCH3 is 1. The molecule has 2 rings (SSSR count). The Labute approximate surface area is 135 Å². The van der Waals surface area contributed by atoms with Crippen LogP contribution in [0.5, 0.6) is 17.2 Å². The van der Waals surface area contributed by atoms with Crippen molar-refractivity contribution in [1.29, 1.82) is 0 Å². The third-order valence-electron chi connectivity index (χ3n) is 3.17. The van der Waals surface area contributed by atoms with Gasteiger partial charge in [-0.05, 0) is 36.2 Å². The summed E-state index contributed by atoms with van der Waals surface area (Å²) in [5, 5.41) is 14.5. The number of carbonyl (C=O) groups excluding carboxylic acids is 1. The second-order valence-corrected chi connectivity index (χ2v) is 4.79. The molecule has 2 aromatic carbocycles. The summed E-state index contributed by atoms with van der Waals surface area (Å²) in [5.41, 5.74) is 1.04. The Morgan fingerprint density at radius 3 is 2.43 bits per heavy atom. The number of hydrogen-bond donors (Lipinski definition) is 3. The minimum atomic E-state index is -0.307. The lowest BCUT2D eigenvalue weighted by atomic mass is 10.1. The fraction of sp³-hybridized carbons (Fsp3) is 0.235. The molecule has 0 aliphatic rings. The van der Waals surface area contributed by atoms with Crippen LogP contribution in [0.25, 0.3) is 0 Å². The second kappa shape index (κ2) is 8.53. The van der Waals surface area contributed by atoms with Crippen molar-refractivity contribution in [2.75, 3.05) is 20.4 Å². The van der Waals surface area contributed by atoms with Crippen molar-refractivity contribution in [2.24, 2.45) is 0 Å². The van der Waals surface area contributed by atoms with E-state index < -0.39 is 0 Å². The molecule has 2 aromatic rings. The first-order valence-electron chi connectivity index (χ1n) is 7.24. The number of urea groups is 1. The first-order valence-corrected chi connectivity index (χ1v) is 7.24. The zero-order valence-corrected chi connectivity index (χ0v) is 12.9. The molecule has 0 spiro atoms. The monoisotopic (exact) mass is 316 g/mol. The maximum atomic E-state index is 11.7. The first-order chi connectivity index (χ1) is 11.2. The van der Waals surface area contributed by atoms with Crippen molar-refractivity contribution in [1.82, 2.24) is 10.6 Å². The van der Waals surface area contributed by atoms with Crippen molar-refractivity contribution in [2.45, 2.75) is 6.42 Å². The maximum absolute atomic E-state index is 11.7. The van der Waals surface area contributed by atoms with E-state index >= 15 is 0 Å². The molecule has 0 radical (unpaired) electrons. The molecule has 0 atom stereocenters. The van der Waals surface area contributed by atoms with Crippen molar-refractivity contribution in [3.8, 4) is 17.2 Å². The van der Waals surface area contributed by atoms with Crippen LogP contribution < -0.4 is 20.1 Å². The fourth-order valence-electron chi connectivity index (χ4n) is 1.96. The van der Waals surface area contributed by atoms with Gasteiger partial charge in [-0.2, -0.15) is 0 Å². The van der Waals surface area contributed by atoms with Crippen LogP contribution in [0.2, 0.25) is 0 Å². The van der Waals surface area contributed by atoms with E-state index in [1.54, 1.807) is 31.4 Å². The highest BCUT2D eigenvalue weighted by Crippen LogP contribution is 2.25. The Hall–Kier alpha value is -2.89. The number of phenols is 1. The number of nitrogens with one attached hydrogen (secondary N) is 2. The van der Waals surface area contributed by atoms with Gasteiger partial charge in [0.15, 0.2) is 18.2 Å². The lowest BCUT2D eigenvalue weighted by molar-refractivity contribution is 0.221. The molecule has 2 amide bonds. The van der Waals surface area contributed by atoms with Gasteiger partial charge in [0, 0.05) is 6.54 Å². The van der Waals surface area contributed by atoms with E-state index in [1.165, 1.54) is 0 Å². The van der Waals surface area contributed by atoms with Gasteiger partial charge in [0.2, 0.25) is 0 Å². The number of amides is 2. The van der Waals surface area contributed by atoms with Gasteiger partial charge in [0.05, 0.1) is 7.11 Å². The first kappa shape index (κ1) is 16.5. The lowest BCUT2D eigenvalue weighted by Crippen LogP contribution is -2.38. The lowest BCUT2D eigenvalue weighted by Gasteiger charge is -2.11. The smallest absolute Gasteiger partial charge is 0.317 e. The molecule has 0 saturated heterocycles. The highest BCUT2D eigenvalue weighted by atomic mass is 16.5. The molecule has 23 heavy (non-hydrogen) atoms. The number of rotatable bonds is 7. The van der Waals surface area contributed by atoms with Crippen LogP contribution in [0.15, 0.2) is 48.5 Å². The molecule has 0 aromatic heterocycles. The van der Waals surface area contributed by atoms with Crippen LogP contribution in [0, 0.1) is 0 Å². The number of benzene rings is 2. The van der Waals surface area contributed by atoms with Gasteiger partial charge in [-0.25, -0.2) is 4.79 Å². The quantitative estimate of drug-likeness (QED) is 0.685. The molecule has 0 aliphatic heterocycles. The van der Waals surface area contributed by atoms with E-state index in [0.717, 1.165) is 5.56 Å². The van der Waals surface area contributed by atoms with Gasteiger partial charge in [-0.15, -0.1) is 0 Å². The summed E-state index contributed by atoms with van der Waals surface area (Å²) in [4.78, 5) is 11.7. The normalized spacial score (nSPS) is 9.96. The Morgan fingerprint density at radius 1 is 1.04 bits per heavy atom. The van der Waals surface area contributed by atoms with Crippen molar-refractivity contribution >= 4 is 6.03 Å². The number of phenolic OH excluding ortho intramolecular Hbond substituents is 1. The topological polar surface area (TPSA) is 79.8 Å². The summed E-state index contributed by atoms with van der Waals surface area (Å²) in [5.74, 6) is 1.41. The fourth-order valence-corrected chi connectivity index (χ4v) is 1.96. The van der Waals surface area contributed by atoms with E-state index in [1.807, 2.05) is 24.3 Å². The number of ether oxygens (including phenoxy) is 2. The van der Waals surface area contributed by atoms with Gasteiger partial charge in [-0.3, -0.25) is 0 Å². The highest BCUT2D eigenvalue weighted by Gasteiger charge is 2.04. The molecular formula is C17H20N2O4. The van der Waals surface area contributed by atoms with Gasteiger partial charge < -0.3 is 25.2 Å². The van der Waals surface area contributed by atoms with E-state index in [2.05, 4.69) is 10.6 Å². The largest absolute Gasteiger partial charge is 0.508 e. The molecule has 3 N–H and O–H groups in total. The second-order valence-electron chi connectivity index (χ2n) is 4.79. The predicted octanol–water partition coefficient (Wildman–Crippen LogP) is 2.28. The molecule has 0 bridgehead atoms.